The van der Waals surface area contributed by atoms with E-state index in [0.717, 1.165) is 17.2 Å². The molecule has 19 heavy (non-hydrogen) atoms. The Hall–Kier alpha value is -1.71. The number of ether oxygens (including phenoxy) is 1. The number of benzene rings is 2. The molecule has 3 rings (SSSR count). The van der Waals surface area contributed by atoms with E-state index in [1.165, 1.54) is 12.1 Å². The molecule has 0 saturated carbocycles. The summed E-state index contributed by atoms with van der Waals surface area (Å²) in [6.07, 6.45) is 0. The van der Waals surface area contributed by atoms with Crippen molar-refractivity contribution in [2.45, 2.75) is 13.2 Å². The Morgan fingerprint density at radius 2 is 1.89 bits per heavy atom. The summed E-state index contributed by atoms with van der Waals surface area (Å²) in [5, 5.41) is 0.253. The van der Waals surface area contributed by atoms with E-state index >= 15 is 0 Å². The first-order chi connectivity index (χ1) is 9.15. The summed E-state index contributed by atoms with van der Waals surface area (Å²) in [6, 6.07) is 9.15. The van der Waals surface area contributed by atoms with Gasteiger partial charge in [-0.05, 0) is 35.4 Å². The van der Waals surface area contributed by atoms with Gasteiger partial charge in [0.25, 0.3) is 0 Å². The summed E-state index contributed by atoms with van der Waals surface area (Å²) < 4.78 is 18.5. The molecule has 0 fully saturated rings. The Morgan fingerprint density at radius 3 is 2.74 bits per heavy atom. The van der Waals surface area contributed by atoms with E-state index in [-0.39, 0.29) is 16.4 Å². The van der Waals surface area contributed by atoms with E-state index in [0.29, 0.717) is 18.8 Å². The Kier molecular flexibility index (Phi) is 3.09. The summed E-state index contributed by atoms with van der Waals surface area (Å²) in [5.74, 6) is -0.753. The van der Waals surface area contributed by atoms with E-state index in [1.807, 2.05) is 6.07 Å². The van der Waals surface area contributed by atoms with Gasteiger partial charge in [0.1, 0.15) is 5.82 Å². The molecule has 2 nitrogen and oxygen atoms in total. The lowest BCUT2D eigenvalue weighted by Gasteiger charge is -2.05. The van der Waals surface area contributed by atoms with Crippen molar-refractivity contribution in [3.05, 3.63) is 69.5 Å². The molecule has 0 aromatic heterocycles. The van der Waals surface area contributed by atoms with Crippen molar-refractivity contribution in [1.82, 2.24) is 0 Å². The first kappa shape index (κ1) is 12.3. The average Bonchev–Trinajstić information content (AvgIpc) is 2.88. The molecule has 2 aromatic rings. The number of carbonyl (C=O) groups excluding carboxylic acids is 1. The Balaban J connectivity index is 2.02. The first-order valence-electron chi connectivity index (χ1n) is 5.84. The van der Waals surface area contributed by atoms with E-state index in [2.05, 4.69) is 0 Å². The van der Waals surface area contributed by atoms with Gasteiger partial charge in [-0.15, -0.1) is 0 Å². The fourth-order valence-electron chi connectivity index (χ4n) is 2.14. The topological polar surface area (TPSA) is 26.3 Å². The van der Waals surface area contributed by atoms with Crippen LogP contribution < -0.4 is 0 Å². The van der Waals surface area contributed by atoms with Gasteiger partial charge in [0, 0.05) is 11.1 Å². The number of halogens is 2. The Bertz CT molecular complexity index is 667. The fraction of sp³-hybridized carbons (Fsp3) is 0.133. The van der Waals surface area contributed by atoms with Crippen molar-refractivity contribution in [2.75, 3.05) is 0 Å². The van der Waals surface area contributed by atoms with Crippen LogP contribution in [0.25, 0.3) is 0 Å². The van der Waals surface area contributed by atoms with Crippen molar-refractivity contribution in [2.24, 2.45) is 0 Å². The molecule has 0 amide bonds. The highest BCUT2D eigenvalue weighted by atomic mass is 35.5. The predicted molar refractivity (Wildman–Crippen MR) is 69.8 cm³/mol. The highest BCUT2D eigenvalue weighted by Gasteiger charge is 2.17. The third kappa shape index (κ3) is 2.27. The van der Waals surface area contributed by atoms with Crippen LogP contribution in [-0.2, 0) is 18.0 Å². The van der Waals surface area contributed by atoms with Crippen molar-refractivity contribution in [3.8, 4) is 0 Å². The molecule has 96 valence electrons. The molecule has 4 heteroatoms. The monoisotopic (exact) mass is 276 g/mol. The van der Waals surface area contributed by atoms with Crippen LogP contribution in [0.2, 0.25) is 5.02 Å². The van der Waals surface area contributed by atoms with Crippen LogP contribution in [0.3, 0.4) is 0 Å². The minimum Gasteiger partial charge on any atom is -0.372 e. The number of fused-ring (bicyclic) bond motifs is 1. The zero-order valence-corrected chi connectivity index (χ0v) is 10.7. The smallest absolute Gasteiger partial charge is 0.194 e. The second-order valence-electron chi connectivity index (χ2n) is 4.43. The number of hydrogen-bond acceptors (Lipinski definition) is 2. The second-order valence-corrected chi connectivity index (χ2v) is 4.84. The zero-order valence-electron chi connectivity index (χ0n) is 9.95. The van der Waals surface area contributed by atoms with Crippen molar-refractivity contribution in [1.29, 1.82) is 0 Å². The second kappa shape index (κ2) is 4.76. The molecule has 0 N–H and O–H groups in total. The van der Waals surface area contributed by atoms with E-state index < -0.39 is 5.82 Å². The molecule has 0 spiro atoms. The quantitative estimate of drug-likeness (QED) is 0.781. The summed E-state index contributed by atoms with van der Waals surface area (Å²) >= 11 is 5.95. The lowest BCUT2D eigenvalue weighted by molar-refractivity contribution is 0.103. The molecule has 2 aromatic carbocycles. The highest BCUT2D eigenvalue weighted by Crippen LogP contribution is 2.25. The summed E-state index contributed by atoms with van der Waals surface area (Å²) in [6.45, 7) is 1.08. The van der Waals surface area contributed by atoms with Gasteiger partial charge in [0.2, 0.25) is 0 Å². The standard InChI is InChI=1S/C15H10ClFO2/c16-14-4-3-12(17)6-13(14)15(18)9-1-2-10-7-19-8-11(10)5-9/h1-6H,7-8H2. The van der Waals surface area contributed by atoms with E-state index in [1.54, 1.807) is 12.1 Å². The fourth-order valence-corrected chi connectivity index (χ4v) is 2.34. The zero-order chi connectivity index (χ0) is 13.4. The van der Waals surface area contributed by atoms with Gasteiger partial charge in [-0.2, -0.15) is 0 Å². The highest BCUT2D eigenvalue weighted by molar-refractivity contribution is 6.35. The molecule has 1 aliphatic heterocycles. The molecule has 0 atom stereocenters. The van der Waals surface area contributed by atoms with Gasteiger partial charge in [0.15, 0.2) is 5.78 Å². The largest absolute Gasteiger partial charge is 0.372 e. The molecule has 0 saturated heterocycles. The molecule has 0 bridgehead atoms. The summed E-state index contributed by atoms with van der Waals surface area (Å²) in [5.41, 5.74) is 2.76. The average molecular weight is 277 g/mol. The van der Waals surface area contributed by atoms with Crippen LogP contribution >= 0.6 is 11.6 Å². The maximum atomic E-state index is 13.2. The van der Waals surface area contributed by atoms with Gasteiger partial charge in [0.05, 0.1) is 18.2 Å². The maximum Gasteiger partial charge on any atom is 0.194 e. The minimum absolute atomic E-state index is 0.181. The Morgan fingerprint density at radius 1 is 1.11 bits per heavy atom. The number of carbonyl (C=O) groups is 1. The number of hydrogen-bond donors (Lipinski definition) is 0. The summed E-state index contributed by atoms with van der Waals surface area (Å²) in [4.78, 5) is 12.3. The van der Waals surface area contributed by atoms with Crippen LogP contribution in [-0.4, -0.2) is 5.78 Å². The first-order valence-corrected chi connectivity index (χ1v) is 6.22. The lowest BCUT2D eigenvalue weighted by atomic mass is 9.99. The number of rotatable bonds is 2. The third-order valence-corrected chi connectivity index (χ3v) is 3.49. The van der Waals surface area contributed by atoms with Gasteiger partial charge in [-0.3, -0.25) is 4.79 Å². The molecule has 1 aliphatic rings. The Labute approximate surface area is 114 Å². The van der Waals surface area contributed by atoms with Crippen molar-refractivity contribution >= 4 is 17.4 Å². The van der Waals surface area contributed by atoms with Gasteiger partial charge in [-0.25, -0.2) is 4.39 Å². The minimum atomic E-state index is -0.475. The molecule has 0 aliphatic carbocycles. The number of ketones is 1. The van der Waals surface area contributed by atoms with Gasteiger partial charge >= 0.3 is 0 Å². The van der Waals surface area contributed by atoms with Crippen LogP contribution in [0.4, 0.5) is 4.39 Å². The van der Waals surface area contributed by atoms with Crippen molar-refractivity contribution < 1.29 is 13.9 Å². The van der Waals surface area contributed by atoms with Gasteiger partial charge in [-0.1, -0.05) is 23.7 Å². The van der Waals surface area contributed by atoms with E-state index in [9.17, 15) is 9.18 Å². The summed E-state index contributed by atoms with van der Waals surface area (Å²) in [7, 11) is 0. The van der Waals surface area contributed by atoms with Gasteiger partial charge < -0.3 is 4.74 Å². The van der Waals surface area contributed by atoms with Crippen LogP contribution in [0.15, 0.2) is 36.4 Å². The van der Waals surface area contributed by atoms with Crippen LogP contribution in [0, 0.1) is 5.82 Å². The van der Waals surface area contributed by atoms with Crippen LogP contribution in [0.5, 0.6) is 0 Å². The molecular weight excluding hydrogens is 267 g/mol. The molecule has 0 radical (unpaired) electrons. The lowest BCUT2D eigenvalue weighted by Crippen LogP contribution is -2.03. The normalized spacial score (nSPS) is 13.4. The van der Waals surface area contributed by atoms with Crippen molar-refractivity contribution in [3.63, 3.8) is 0 Å². The molecule has 0 unspecified atom stereocenters. The predicted octanol–water partition coefficient (Wildman–Crippen LogP) is 3.74. The molecule has 1 heterocycles. The SMILES string of the molecule is O=C(c1ccc2c(c1)COC2)c1cc(F)ccc1Cl. The maximum absolute atomic E-state index is 13.2. The van der Waals surface area contributed by atoms with E-state index in [4.69, 9.17) is 16.3 Å². The third-order valence-electron chi connectivity index (χ3n) is 3.16. The molecular formula is C15H10ClFO2. The van der Waals surface area contributed by atoms with Crippen LogP contribution in [0.1, 0.15) is 27.0 Å².